The van der Waals surface area contributed by atoms with Crippen molar-refractivity contribution < 1.29 is 21.6 Å². The van der Waals surface area contributed by atoms with Gasteiger partial charge in [-0.15, -0.1) is 0 Å². The fourth-order valence-electron chi connectivity index (χ4n) is 1.22. The highest BCUT2D eigenvalue weighted by Crippen LogP contribution is 2.37. The number of benzene rings is 1. The van der Waals surface area contributed by atoms with Crippen molar-refractivity contribution in [1.29, 1.82) is 0 Å². The van der Waals surface area contributed by atoms with Crippen LogP contribution < -0.4 is 10.5 Å². The highest BCUT2D eigenvalue weighted by Gasteiger charge is 2.35. The highest BCUT2D eigenvalue weighted by atomic mass is 79.9. The molecule has 3 N–H and O–H groups in total. The van der Waals surface area contributed by atoms with Crippen molar-refractivity contribution in [2.45, 2.75) is 18.3 Å². The molecule has 0 bridgehead atoms. The molecule has 0 fully saturated rings. The Bertz CT molecular complexity index is 560. The Morgan fingerprint density at radius 3 is 2.47 bits per heavy atom. The van der Waals surface area contributed by atoms with Crippen molar-refractivity contribution in [3.63, 3.8) is 0 Å². The fraction of sp³-hybridized carbons (Fsp3) is 0.400. The maximum Gasteiger partial charge on any atom is 0.418 e. The number of nitrogens with two attached hydrogens (primary N) is 1. The van der Waals surface area contributed by atoms with Gasteiger partial charge in [0, 0.05) is 11.0 Å². The summed E-state index contributed by atoms with van der Waals surface area (Å²) >= 11 is 2.91. The van der Waals surface area contributed by atoms with Gasteiger partial charge in [0.05, 0.1) is 16.5 Å². The van der Waals surface area contributed by atoms with Crippen molar-refractivity contribution in [2.75, 3.05) is 11.3 Å². The van der Waals surface area contributed by atoms with Crippen LogP contribution in [0.2, 0.25) is 0 Å². The van der Waals surface area contributed by atoms with Crippen LogP contribution in [-0.4, -0.2) is 20.2 Å². The van der Waals surface area contributed by atoms with Gasteiger partial charge in [0.2, 0.25) is 10.0 Å². The van der Waals surface area contributed by atoms with E-state index < -0.39 is 32.7 Å². The van der Waals surface area contributed by atoms with E-state index in [9.17, 15) is 21.6 Å². The molecule has 0 radical (unpaired) electrons. The average Bonchev–Trinajstić information content (AvgIpc) is 2.28. The summed E-state index contributed by atoms with van der Waals surface area (Å²) in [7, 11) is -3.95. The number of halogens is 4. The molecule has 108 valence electrons. The Morgan fingerprint density at radius 2 is 2.00 bits per heavy atom. The largest absolute Gasteiger partial charge is 0.418 e. The molecule has 1 aromatic carbocycles. The Hall–Kier alpha value is -0.800. The van der Waals surface area contributed by atoms with Crippen LogP contribution in [0, 0.1) is 0 Å². The molecule has 1 rings (SSSR count). The molecule has 1 atom stereocenters. The monoisotopic (exact) mass is 360 g/mol. The van der Waals surface area contributed by atoms with Crippen molar-refractivity contribution in [3.8, 4) is 0 Å². The van der Waals surface area contributed by atoms with E-state index in [4.69, 9.17) is 5.73 Å². The molecular formula is C10H12BrF3N2O2S. The second kappa shape index (κ2) is 5.68. The van der Waals surface area contributed by atoms with Crippen LogP contribution >= 0.6 is 15.9 Å². The molecule has 0 aliphatic rings. The third-order valence-corrected chi connectivity index (χ3v) is 4.65. The first-order valence-electron chi connectivity index (χ1n) is 5.16. The summed E-state index contributed by atoms with van der Waals surface area (Å²) in [4.78, 5) is 0. The first kappa shape index (κ1) is 16.3. The van der Waals surface area contributed by atoms with Crippen molar-refractivity contribution in [3.05, 3.63) is 28.2 Å². The van der Waals surface area contributed by atoms with Crippen molar-refractivity contribution in [1.82, 2.24) is 0 Å². The smallest absolute Gasteiger partial charge is 0.329 e. The van der Waals surface area contributed by atoms with E-state index in [1.54, 1.807) is 0 Å². The quantitative estimate of drug-likeness (QED) is 0.866. The SMILES string of the molecule is CC(CN)S(=O)(=O)Nc1ccc(Br)cc1C(F)(F)F. The molecule has 0 spiro atoms. The van der Waals surface area contributed by atoms with E-state index in [0.29, 0.717) is 0 Å². The number of rotatable bonds is 4. The van der Waals surface area contributed by atoms with Gasteiger partial charge in [-0.1, -0.05) is 15.9 Å². The van der Waals surface area contributed by atoms with Gasteiger partial charge >= 0.3 is 6.18 Å². The topological polar surface area (TPSA) is 72.2 Å². The predicted octanol–water partition coefficient (Wildman–Crippen LogP) is 2.56. The highest BCUT2D eigenvalue weighted by molar-refractivity contribution is 9.10. The number of alkyl halides is 3. The summed E-state index contributed by atoms with van der Waals surface area (Å²) in [6, 6.07) is 3.18. The summed E-state index contributed by atoms with van der Waals surface area (Å²) in [5, 5.41) is -0.989. The average molecular weight is 361 g/mol. The summed E-state index contributed by atoms with van der Waals surface area (Å²) in [6.45, 7) is 1.13. The maximum atomic E-state index is 12.8. The number of hydrogen-bond donors (Lipinski definition) is 2. The molecule has 9 heteroatoms. The van der Waals surface area contributed by atoms with Gasteiger partial charge in [-0.2, -0.15) is 13.2 Å². The van der Waals surface area contributed by atoms with Crippen LogP contribution in [0.15, 0.2) is 22.7 Å². The Kier molecular flexibility index (Phi) is 4.86. The molecule has 0 amide bonds. The van der Waals surface area contributed by atoms with E-state index in [-0.39, 0.29) is 11.0 Å². The zero-order valence-electron chi connectivity index (χ0n) is 9.83. The van der Waals surface area contributed by atoms with Crippen LogP contribution in [0.5, 0.6) is 0 Å². The van der Waals surface area contributed by atoms with E-state index in [0.717, 1.165) is 12.1 Å². The lowest BCUT2D eigenvalue weighted by molar-refractivity contribution is -0.136. The first-order valence-corrected chi connectivity index (χ1v) is 7.50. The molecule has 4 nitrogen and oxygen atoms in total. The van der Waals surface area contributed by atoms with Crippen LogP contribution in [0.1, 0.15) is 12.5 Å². The minimum Gasteiger partial charge on any atom is -0.329 e. The molecule has 0 saturated carbocycles. The summed E-state index contributed by atoms with van der Waals surface area (Å²) in [6.07, 6.45) is -4.66. The third kappa shape index (κ3) is 4.08. The second-order valence-corrected chi connectivity index (χ2v) is 6.90. The minimum atomic E-state index is -4.66. The fourth-order valence-corrected chi connectivity index (χ4v) is 2.52. The molecule has 0 aliphatic heterocycles. The van der Waals surface area contributed by atoms with Crippen molar-refractivity contribution >= 4 is 31.6 Å². The number of hydrogen-bond acceptors (Lipinski definition) is 3. The predicted molar refractivity (Wildman–Crippen MR) is 70.2 cm³/mol. The Labute approximate surface area is 117 Å². The minimum absolute atomic E-state index is 0.187. The number of anilines is 1. The van der Waals surface area contributed by atoms with Crippen LogP contribution in [0.25, 0.3) is 0 Å². The van der Waals surface area contributed by atoms with Gasteiger partial charge in [0.25, 0.3) is 0 Å². The van der Waals surface area contributed by atoms with Crippen molar-refractivity contribution in [2.24, 2.45) is 5.73 Å². The van der Waals surface area contributed by atoms with Crippen LogP contribution in [-0.2, 0) is 16.2 Å². The van der Waals surface area contributed by atoms with Gasteiger partial charge in [-0.3, -0.25) is 4.72 Å². The van der Waals surface area contributed by atoms with Gasteiger partial charge in [-0.25, -0.2) is 8.42 Å². The Morgan fingerprint density at radius 1 is 1.42 bits per heavy atom. The van der Waals surface area contributed by atoms with E-state index in [1.807, 2.05) is 4.72 Å². The van der Waals surface area contributed by atoms with Crippen LogP contribution in [0.4, 0.5) is 18.9 Å². The zero-order chi connectivity index (χ0) is 14.8. The molecule has 1 unspecified atom stereocenters. The van der Waals surface area contributed by atoms with Gasteiger partial charge in [-0.05, 0) is 25.1 Å². The van der Waals surface area contributed by atoms with Gasteiger partial charge in [0.1, 0.15) is 0 Å². The molecule has 19 heavy (non-hydrogen) atoms. The zero-order valence-corrected chi connectivity index (χ0v) is 12.2. The molecule has 1 aromatic rings. The lowest BCUT2D eigenvalue weighted by Gasteiger charge is -2.17. The summed E-state index contributed by atoms with van der Waals surface area (Å²) in [5.41, 5.74) is 3.63. The van der Waals surface area contributed by atoms with E-state index >= 15 is 0 Å². The van der Waals surface area contributed by atoms with Gasteiger partial charge in [0.15, 0.2) is 0 Å². The number of sulfonamides is 1. The second-order valence-electron chi connectivity index (χ2n) is 3.88. The van der Waals surface area contributed by atoms with E-state index in [2.05, 4.69) is 15.9 Å². The molecular weight excluding hydrogens is 349 g/mol. The Balaban J connectivity index is 3.23. The first-order chi connectivity index (χ1) is 8.58. The van der Waals surface area contributed by atoms with Crippen LogP contribution in [0.3, 0.4) is 0 Å². The maximum absolute atomic E-state index is 12.8. The standard InChI is InChI=1S/C10H12BrF3N2O2S/c1-6(5-15)19(17,18)16-9-3-2-7(11)4-8(9)10(12,13)14/h2-4,6,16H,5,15H2,1H3. The lowest BCUT2D eigenvalue weighted by Crippen LogP contribution is -2.32. The number of nitrogens with one attached hydrogen (secondary N) is 1. The molecule has 0 saturated heterocycles. The lowest BCUT2D eigenvalue weighted by atomic mass is 10.2. The molecule has 0 aliphatic carbocycles. The molecule has 0 aromatic heterocycles. The summed E-state index contributed by atoms with van der Waals surface area (Å²) < 4.78 is 64.0. The normalized spacial score (nSPS) is 14.2. The summed E-state index contributed by atoms with van der Waals surface area (Å²) in [5.74, 6) is 0. The third-order valence-electron chi connectivity index (χ3n) is 2.40. The molecule has 0 heterocycles. The van der Waals surface area contributed by atoms with Gasteiger partial charge < -0.3 is 5.73 Å². The van der Waals surface area contributed by atoms with E-state index in [1.165, 1.54) is 13.0 Å².